The number of methoxy groups -OCH3 is 3. The zero-order chi connectivity index (χ0) is 23.8. The van der Waals surface area contributed by atoms with E-state index in [4.69, 9.17) is 14.2 Å². The topological polar surface area (TPSA) is 30.9 Å². The highest BCUT2D eigenvalue weighted by atomic mass is 16.5. The molecule has 0 aliphatic carbocycles. The molecule has 0 aromatic heterocycles. The largest absolute Gasteiger partial charge is 0.493 e. The van der Waals surface area contributed by atoms with Gasteiger partial charge in [-0.25, -0.2) is 0 Å². The summed E-state index contributed by atoms with van der Waals surface area (Å²) in [5.74, 6) is 2.51. The number of benzene rings is 3. The van der Waals surface area contributed by atoms with Crippen molar-refractivity contribution in [2.24, 2.45) is 0 Å². The van der Waals surface area contributed by atoms with Crippen LogP contribution in [0.2, 0.25) is 0 Å². The first kappa shape index (κ1) is 24.2. The average Bonchev–Trinajstić information content (AvgIpc) is 2.91. The molecule has 3 aromatic carbocycles. The van der Waals surface area contributed by atoms with Gasteiger partial charge in [-0.2, -0.15) is 0 Å². The van der Waals surface area contributed by atoms with Crippen LogP contribution in [-0.2, 0) is 6.42 Å². The molecular weight excluding hydrogens is 422 g/mol. The van der Waals surface area contributed by atoms with Crippen LogP contribution in [0.25, 0.3) is 0 Å². The van der Waals surface area contributed by atoms with Crippen molar-refractivity contribution in [2.75, 3.05) is 34.4 Å². The van der Waals surface area contributed by atoms with Crippen molar-refractivity contribution in [1.29, 1.82) is 0 Å². The van der Waals surface area contributed by atoms with Crippen LogP contribution >= 0.6 is 0 Å². The lowest BCUT2D eigenvalue weighted by molar-refractivity contribution is 0.138. The molecule has 0 N–H and O–H groups in total. The van der Waals surface area contributed by atoms with Crippen LogP contribution in [0.1, 0.15) is 48.3 Å². The standard InChI is InChI=1S/C30H37NO3/c1-32-28-20-23(21-29(33-2)30(28)34-3)17-19-31-18-11-10-16-26(31)22-27(24-12-6-4-7-13-24)25-14-8-5-9-15-25/h4-9,12-15,20-21,26-27H,10-11,16-19,22H2,1-3H3. The molecule has 1 heterocycles. The smallest absolute Gasteiger partial charge is 0.203 e. The number of ether oxygens (including phenoxy) is 3. The van der Waals surface area contributed by atoms with E-state index >= 15 is 0 Å². The lowest BCUT2D eigenvalue weighted by Crippen LogP contribution is -2.41. The summed E-state index contributed by atoms with van der Waals surface area (Å²) in [5.41, 5.74) is 4.02. The second kappa shape index (κ2) is 11.9. The Balaban J connectivity index is 1.51. The Kier molecular flexibility index (Phi) is 8.48. The summed E-state index contributed by atoms with van der Waals surface area (Å²) < 4.78 is 16.6. The Morgan fingerprint density at radius 3 is 1.91 bits per heavy atom. The van der Waals surface area contributed by atoms with Gasteiger partial charge in [0.1, 0.15) is 0 Å². The first-order valence-electron chi connectivity index (χ1n) is 12.4. The maximum absolute atomic E-state index is 5.56. The summed E-state index contributed by atoms with van der Waals surface area (Å²) in [4.78, 5) is 2.70. The van der Waals surface area contributed by atoms with Crippen LogP contribution in [0.3, 0.4) is 0 Å². The Hall–Kier alpha value is -2.98. The maximum atomic E-state index is 5.56. The Morgan fingerprint density at radius 1 is 0.794 bits per heavy atom. The third-order valence-electron chi connectivity index (χ3n) is 7.07. The number of rotatable bonds is 10. The molecule has 0 radical (unpaired) electrons. The summed E-state index contributed by atoms with van der Waals surface area (Å²) in [5, 5.41) is 0. The molecule has 4 heteroatoms. The van der Waals surface area contributed by atoms with E-state index in [0.29, 0.717) is 17.7 Å². The number of hydrogen-bond acceptors (Lipinski definition) is 4. The van der Waals surface area contributed by atoms with Crippen molar-refractivity contribution in [3.8, 4) is 17.2 Å². The molecule has 1 unspecified atom stereocenters. The molecule has 1 aliphatic rings. The lowest BCUT2D eigenvalue weighted by atomic mass is 9.83. The van der Waals surface area contributed by atoms with Crippen LogP contribution in [0.15, 0.2) is 72.8 Å². The zero-order valence-electron chi connectivity index (χ0n) is 20.7. The molecule has 0 saturated carbocycles. The second-order valence-electron chi connectivity index (χ2n) is 9.08. The molecule has 4 rings (SSSR count). The normalized spacial score (nSPS) is 16.4. The van der Waals surface area contributed by atoms with E-state index in [-0.39, 0.29) is 0 Å². The Morgan fingerprint density at radius 2 is 1.38 bits per heavy atom. The lowest BCUT2D eigenvalue weighted by Gasteiger charge is -2.38. The molecule has 0 bridgehead atoms. The molecular formula is C30H37NO3. The van der Waals surface area contributed by atoms with Gasteiger partial charge in [-0.1, -0.05) is 67.1 Å². The number of likely N-dealkylation sites (tertiary alicyclic amines) is 1. The predicted octanol–water partition coefficient (Wildman–Crippen LogP) is 6.33. The van der Waals surface area contributed by atoms with Gasteiger partial charge in [0.2, 0.25) is 5.75 Å². The van der Waals surface area contributed by atoms with Gasteiger partial charge in [-0.05, 0) is 61.1 Å². The Bertz CT molecular complexity index is 957. The average molecular weight is 460 g/mol. The number of nitrogens with zero attached hydrogens (tertiary/aromatic N) is 1. The predicted molar refractivity (Wildman–Crippen MR) is 138 cm³/mol. The molecule has 1 fully saturated rings. The van der Waals surface area contributed by atoms with E-state index in [1.165, 1.54) is 36.0 Å². The molecule has 4 nitrogen and oxygen atoms in total. The van der Waals surface area contributed by atoms with E-state index in [9.17, 15) is 0 Å². The first-order valence-corrected chi connectivity index (χ1v) is 12.4. The molecule has 0 amide bonds. The maximum Gasteiger partial charge on any atom is 0.203 e. The van der Waals surface area contributed by atoms with Crippen molar-refractivity contribution in [3.63, 3.8) is 0 Å². The van der Waals surface area contributed by atoms with E-state index in [1.807, 2.05) is 0 Å². The summed E-state index contributed by atoms with van der Waals surface area (Å²) in [6.07, 6.45) is 5.93. The summed E-state index contributed by atoms with van der Waals surface area (Å²) in [6, 6.07) is 26.7. The van der Waals surface area contributed by atoms with E-state index in [0.717, 1.165) is 37.4 Å². The van der Waals surface area contributed by atoms with Gasteiger partial charge >= 0.3 is 0 Å². The molecule has 34 heavy (non-hydrogen) atoms. The van der Waals surface area contributed by atoms with E-state index < -0.39 is 0 Å². The highest BCUT2D eigenvalue weighted by Gasteiger charge is 2.27. The van der Waals surface area contributed by atoms with Crippen LogP contribution in [0.5, 0.6) is 17.2 Å². The highest BCUT2D eigenvalue weighted by Crippen LogP contribution is 2.39. The van der Waals surface area contributed by atoms with Gasteiger partial charge in [0.25, 0.3) is 0 Å². The fraction of sp³-hybridized carbons (Fsp3) is 0.400. The van der Waals surface area contributed by atoms with Crippen LogP contribution in [-0.4, -0.2) is 45.4 Å². The molecule has 1 atom stereocenters. The highest BCUT2D eigenvalue weighted by molar-refractivity contribution is 5.53. The summed E-state index contributed by atoms with van der Waals surface area (Å²) in [7, 11) is 5.00. The minimum Gasteiger partial charge on any atom is -0.493 e. The van der Waals surface area contributed by atoms with Gasteiger partial charge in [0.15, 0.2) is 11.5 Å². The SMILES string of the molecule is COc1cc(CCN2CCCCC2CC(c2ccccc2)c2ccccc2)cc(OC)c1OC. The van der Waals surface area contributed by atoms with Crippen LogP contribution in [0, 0.1) is 0 Å². The van der Waals surface area contributed by atoms with Crippen LogP contribution < -0.4 is 14.2 Å². The van der Waals surface area contributed by atoms with Gasteiger partial charge in [-0.3, -0.25) is 0 Å². The van der Waals surface area contributed by atoms with Crippen molar-refractivity contribution < 1.29 is 14.2 Å². The van der Waals surface area contributed by atoms with Crippen molar-refractivity contribution in [1.82, 2.24) is 4.90 Å². The third-order valence-corrected chi connectivity index (χ3v) is 7.07. The monoisotopic (exact) mass is 459 g/mol. The second-order valence-corrected chi connectivity index (χ2v) is 9.08. The third kappa shape index (κ3) is 5.74. The van der Waals surface area contributed by atoms with Crippen molar-refractivity contribution in [3.05, 3.63) is 89.5 Å². The molecule has 1 aliphatic heterocycles. The van der Waals surface area contributed by atoms with E-state index in [2.05, 4.69) is 77.7 Å². The van der Waals surface area contributed by atoms with E-state index in [1.54, 1.807) is 21.3 Å². The van der Waals surface area contributed by atoms with Crippen LogP contribution in [0.4, 0.5) is 0 Å². The fourth-order valence-electron chi connectivity index (χ4n) is 5.28. The summed E-state index contributed by atoms with van der Waals surface area (Å²) in [6.45, 7) is 2.19. The molecule has 180 valence electrons. The molecule has 1 saturated heterocycles. The minimum atomic E-state index is 0.411. The minimum absolute atomic E-state index is 0.411. The van der Waals surface area contributed by atoms with Crippen molar-refractivity contribution >= 4 is 0 Å². The Labute approximate surface area is 204 Å². The van der Waals surface area contributed by atoms with Gasteiger partial charge in [0.05, 0.1) is 21.3 Å². The zero-order valence-corrected chi connectivity index (χ0v) is 20.7. The fourth-order valence-corrected chi connectivity index (χ4v) is 5.28. The van der Waals surface area contributed by atoms with Gasteiger partial charge in [0, 0.05) is 18.5 Å². The summed E-state index contributed by atoms with van der Waals surface area (Å²) >= 11 is 0. The van der Waals surface area contributed by atoms with Crippen molar-refractivity contribution in [2.45, 2.75) is 44.1 Å². The molecule has 3 aromatic rings. The van der Waals surface area contributed by atoms with Gasteiger partial charge in [-0.15, -0.1) is 0 Å². The quantitative estimate of drug-likeness (QED) is 0.354. The number of hydrogen-bond donors (Lipinski definition) is 0. The molecule has 0 spiro atoms. The first-order chi connectivity index (χ1) is 16.7. The van der Waals surface area contributed by atoms with Gasteiger partial charge < -0.3 is 19.1 Å². The number of piperidine rings is 1.